The predicted molar refractivity (Wildman–Crippen MR) is 91.3 cm³/mol. The quantitative estimate of drug-likeness (QED) is 0.875. The number of hydrogen-bond acceptors (Lipinski definition) is 3. The highest BCUT2D eigenvalue weighted by Crippen LogP contribution is 2.24. The van der Waals surface area contributed by atoms with E-state index in [1.165, 1.54) is 0 Å². The second kappa shape index (κ2) is 7.88. The molecule has 0 aliphatic heterocycles. The molecule has 0 fully saturated rings. The largest absolute Gasteiger partial charge is 0.497 e. The van der Waals surface area contributed by atoms with Crippen LogP contribution in [0.15, 0.2) is 42.5 Å². The van der Waals surface area contributed by atoms with Gasteiger partial charge in [0.05, 0.1) is 26.7 Å². The lowest BCUT2D eigenvalue weighted by molar-refractivity contribution is -0.121. The average Bonchev–Trinajstić information content (AvgIpc) is 2.55. The van der Waals surface area contributed by atoms with Gasteiger partial charge in [-0.3, -0.25) is 4.79 Å². The topological polar surface area (TPSA) is 47.6 Å². The molecule has 1 N–H and O–H groups in total. The van der Waals surface area contributed by atoms with Crippen molar-refractivity contribution in [1.29, 1.82) is 0 Å². The van der Waals surface area contributed by atoms with Crippen LogP contribution in [0.1, 0.15) is 24.1 Å². The van der Waals surface area contributed by atoms with E-state index in [1.54, 1.807) is 26.4 Å². The average molecular weight is 334 g/mol. The molecule has 5 heteroatoms. The number of ether oxygens (including phenoxy) is 2. The van der Waals surface area contributed by atoms with Gasteiger partial charge in [0.2, 0.25) is 5.91 Å². The van der Waals surface area contributed by atoms with Crippen molar-refractivity contribution in [3.05, 3.63) is 58.6 Å². The molecule has 1 amide bonds. The first-order chi connectivity index (χ1) is 11.0. The molecule has 0 aromatic heterocycles. The van der Waals surface area contributed by atoms with Gasteiger partial charge in [-0.1, -0.05) is 23.7 Å². The first kappa shape index (κ1) is 17.2. The van der Waals surface area contributed by atoms with Crippen molar-refractivity contribution in [1.82, 2.24) is 5.32 Å². The Morgan fingerprint density at radius 3 is 2.43 bits per heavy atom. The minimum absolute atomic E-state index is 0.0843. The molecule has 0 saturated carbocycles. The van der Waals surface area contributed by atoms with E-state index in [0.717, 1.165) is 11.1 Å². The van der Waals surface area contributed by atoms with Crippen LogP contribution in [-0.4, -0.2) is 20.1 Å². The molecule has 2 rings (SSSR count). The Morgan fingerprint density at radius 1 is 1.13 bits per heavy atom. The van der Waals surface area contributed by atoms with Crippen LogP contribution < -0.4 is 14.8 Å². The van der Waals surface area contributed by atoms with Crippen LogP contribution in [-0.2, 0) is 11.2 Å². The summed E-state index contributed by atoms with van der Waals surface area (Å²) in [7, 11) is 3.17. The Kier molecular flexibility index (Phi) is 5.88. The van der Waals surface area contributed by atoms with Crippen LogP contribution in [0, 0.1) is 0 Å². The van der Waals surface area contributed by atoms with E-state index in [9.17, 15) is 4.79 Å². The first-order valence-corrected chi connectivity index (χ1v) is 7.67. The van der Waals surface area contributed by atoms with E-state index in [-0.39, 0.29) is 18.4 Å². The van der Waals surface area contributed by atoms with Crippen LogP contribution in [0.4, 0.5) is 0 Å². The van der Waals surface area contributed by atoms with Gasteiger partial charge in [0.1, 0.15) is 11.5 Å². The Morgan fingerprint density at radius 2 is 1.83 bits per heavy atom. The summed E-state index contributed by atoms with van der Waals surface area (Å²) in [4.78, 5) is 12.3. The van der Waals surface area contributed by atoms with Gasteiger partial charge in [-0.2, -0.15) is 0 Å². The summed E-state index contributed by atoms with van der Waals surface area (Å²) in [5.41, 5.74) is 1.79. The van der Waals surface area contributed by atoms with Crippen LogP contribution in [0.25, 0.3) is 0 Å². The van der Waals surface area contributed by atoms with E-state index in [4.69, 9.17) is 21.1 Å². The number of hydrogen-bond donors (Lipinski definition) is 1. The molecule has 0 unspecified atom stereocenters. The lowest BCUT2D eigenvalue weighted by Crippen LogP contribution is -2.28. The summed E-state index contributed by atoms with van der Waals surface area (Å²) < 4.78 is 10.5. The Balaban J connectivity index is 2.05. The third-order valence-corrected chi connectivity index (χ3v) is 3.84. The molecule has 0 aliphatic rings. The first-order valence-electron chi connectivity index (χ1n) is 7.29. The summed E-state index contributed by atoms with van der Waals surface area (Å²) in [6.07, 6.45) is 0.221. The van der Waals surface area contributed by atoms with E-state index >= 15 is 0 Å². The van der Waals surface area contributed by atoms with Gasteiger partial charge in [0.15, 0.2) is 0 Å². The smallest absolute Gasteiger partial charge is 0.225 e. The van der Waals surface area contributed by atoms with Gasteiger partial charge in [-0.15, -0.1) is 0 Å². The number of carbonyl (C=O) groups is 1. The highest BCUT2D eigenvalue weighted by Gasteiger charge is 2.13. The molecule has 23 heavy (non-hydrogen) atoms. The molecule has 0 radical (unpaired) electrons. The Labute approximate surface area is 141 Å². The van der Waals surface area contributed by atoms with Crippen molar-refractivity contribution in [2.75, 3.05) is 14.2 Å². The number of amides is 1. The standard InChI is InChI=1S/C18H20ClNO3/c1-12(13-4-6-15(19)7-5-13)20-18(21)11-14-10-16(22-2)8-9-17(14)23-3/h4-10,12H,11H2,1-3H3,(H,20,21)/t12-/m1/s1. The molecule has 0 heterocycles. The molecule has 1 atom stereocenters. The summed E-state index contributed by atoms with van der Waals surface area (Å²) >= 11 is 5.88. The number of benzene rings is 2. The highest BCUT2D eigenvalue weighted by atomic mass is 35.5. The van der Waals surface area contributed by atoms with E-state index < -0.39 is 0 Å². The second-order valence-electron chi connectivity index (χ2n) is 5.20. The lowest BCUT2D eigenvalue weighted by Gasteiger charge is -2.15. The van der Waals surface area contributed by atoms with E-state index in [0.29, 0.717) is 16.5 Å². The number of carbonyl (C=O) groups excluding carboxylic acids is 1. The van der Waals surface area contributed by atoms with Crippen LogP contribution in [0.2, 0.25) is 5.02 Å². The van der Waals surface area contributed by atoms with Gasteiger partial charge < -0.3 is 14.8 Å². The Bertz CT molecular complexity index is 670. The molecule has 4 nitrogen and oxygen atoms in total. The van der Waals surface area contributed by atoms with Crippen molar-refractivity contribution in [3.8, 4) is 11.5 Å². The van der Waals surface area contributed by atoms with E-state index in [2.05, 4.69) is 5.32 Å². The van der Waals surface area contributed by atoms with E-state index in [1.807, 2.05) is 37.3 Å². The molecular formula is C18H20ClNO3. The Hall–Kier alpha value is -2.20. The molecule has 2 aromatic rings. The fraction of sp³-hybridized carbons (Fsp3) is 0.278. The third-order valence-electron chi connectivity index (χ3n) is 3.59. The summed E-state index contributed by atoms with van der Waals surface area (Å²) in [5, 5.41) is 3.65. The predicted octanol–water partition coefficient (Wildman–Crippen LogP) is 3.78. The molecule has 0 bridgehead atoms. The van der Waals surface area contributed by atoms with Crippen LogP contribution in [0.3, 0.4) is 0 Å². The molecular weight excluding hydrogens is 314 g/mol. The van der Waals surface area contributed by atoms with Crippen molar-refractivity contribution in [2.24, 2.45) is 0 Å². The lowest BCUT2D eigenvalue weighted by atomic mass is 10.1. The number of halogens is 1. The molecule has 0 aliphatic carbocycles. The van der Waals surface area contributed by atoms with Gasteiger partial charge in [0.25, 0.3) is 0 Å². The van der Waals surface area contributed by atoms with Crippen molar-refractivity contribution < 1.29 is 14.3 Å². The third kappa shape index (κ3) is 4.63. The van der Waals surface area contributed by atoms with Gasteiger partial charge >= 0.3 is 0 Å². The summed E-state index contributed by atoms with van der Waals surface area (Å²) in [6.45, 7) is 1.93. The zero-order chi connectivity index (χ0) is 16.8. The maximum atomic E-state index is 12.3. The summed E-state index contributed by atoms with van der Waals surface area (Å²) in [6, 6.07) is 12.7. The zero-order valence-corrected chi connectivity index (χ0v) is 14.2. The zero-order valence-electron chi connectivity index (χ0n) is 13.4. The van der Waals surface area contributed by atoms with Gasteiger partial charge in [-0.25, -0.2) is 0 Å². The fourth-order valence-corrected chi connectivity index (χ4v) is 2.45. The maximum absolute atomic E-state index is 12.3. The van der Waals surface area contributed by atoms with Crippen molar-refractivity contribution in [2.45, 2.75) is 19.4 Å². The number of nitrogens with one attached hydrogen (secondary N) is 1. The highest BCUT2D eigenvalue weighted by molar-refractivity contribution is 6.30. The summed E-state index contributed by atoms with van der Waals surface area (Å²) in [5.74, 6) is 1.28. The minimum Gasteiger partial charge on any atom is -0.497 e. The molecule has 122 valence electrons. The minimum atomic E-state index is -0.101. The SMILES string of the molecule is COc1ccc(OC)c(CC(=O)N[C@H](C)c2ccc(Cl)cc2)c1. The second-order valence-corrected chi connectivity index (χ2v) is 5.63. The maximum Gasteiger partial charge on any atom is 0.225 e. The van der Waals surface area contributed by atoms with Gasteiger partial charge in [-0.05, 0) is 42.8 Å². The molecule has 0 spiro atoms. The normalized spacial score (nSPS) is 11.7. The molecule has 0 saturated heterocycles. The fourth-order valence-electron chi connectivity index (χ4n) is 2.32. The monoisotopic (exact) mass is 333 g/mol. The van der Waals surface area contributed by atoms with Crippen molar-refractivity contribution in [3.63, 3.8) is 0 Å². The molecule has 2 aromatic carbocycles. The van der Waals surface area contributed by atoms with Crippen LogP contribution >= 0.6 is 11.6 Å². The van der Waals surface area contributed by atoms with Gasteiger partial charge in [0, 0.05) is 10.6 Å². The number of rotatable bonds is 6. The number of methoxy groups -OCH3 is 2. The van der Waals surface area contributed by atoms with Crippen molar-refractivity contribution >= 4 is 17.5 Å². The van der Waals surface area contributed by atoms with Crippen LogP contribution in [0.5, 0.6) is 11.5 Å².